The monoisotopic (exact) mass is 290 g/mol. The van der Waals surface area contributed by atoms with E-state index in [0.29, 0.717) is 12.2 Å². The Labute approximate surface area is 111 Å². The number of aromatic nitrogens is 1. The molecule has 1 aliphatic rings. The van der Waals surface area contributed by atoms with Crippen LogP contribution < -0.4 is 5.32 Å². The summed E-state index contributed by atoms with van der Waals surface area (Å²) in [6, 6.07) is 1.54. The second kappa shape index (κ2) is 4.93. The third-order valence-corrected chi connectivity index (χ3v) is 4.49. The highest BCUT2D eigenvalue weighted by molar-refractivity contribution is 8.13. The molecule has 0 unspecified atom stereocenters. The van der Waals surface area contributed by atoms with Crippen molar-refractivity contribution in [2.75, 3.05) is 0 Å². The van der Waals surface area contributed by atoms with E-state index >= 15 is 0 Å². The van der Waals surface area contributed by atoms with E-state index in [1.807, 2.05) is 6.92 Å². The van der Waals surface area contributed by atoms with Gasteiger partial charge in [0, 0.05) is 29.5 Å². The molecule has 5 nitrogen and oxygen atoms in total. The average Bonchev–Trinajstić information content (AvgIpc) is 2.66. The van der Waals surface area contributed by atoms with Crippen LogP contribution in [0.2, 0.25) is 0 Å². The molecule has 1 saturated carbocycles. The maximum absolute atomic E-state index is 12.0. The molecule has 1 aromatic heterocycles. The second-order valence-corrected chi connectivity index (χ2v) is 6.95. The SMILES string of the molecule is CCn1cc(S(=O)(=O)Cl)cc1C(=O)NC1CCC1. The van der Waals surface area contributed by atoms with Crippen molar-refractivity contribution in [3.8, 4) is 0 Å². The maximum atomic E-state index is 12.0. The molecule has 1 heterocycles. The van der Waals surface area contributed by atoms with E-state index in [-0.39, 0.29) is 16.8 Å². The number of nitrogens with one attached hydrogen (secondary N) is 1. The Morgan fingerprint density at radius 2 is 2.22 bits per heavy atom. The van der Waals surface area contributed by atoms with Crippen LogP contribution in [0, 0.1) is 0 Å². The Hall–Kier alpha value is -1.01. The largest absolute Gasteiger partial charge is 0.348 e. The summed E-state index contributed by atoms with van der Waals surface area (Å²) in [5, 5.41) is 2.87. The topological polar surface area (TPSA) is 68.2 Å². The fourth-order valence-electron chi connectivity index (χ4n) is 1.88. The van der Waals surface area contributed by atoms with Gasteiger partial charge in [0.15, 0.2) is 0 Å². The first-order valence-corrected chi connectivity index (χ1v) is 8.18. The molecule has 7 heteroatoms. The lowest BCUT2D eigenvalue weighted by molar-refractivity contribution is 0.0907. The van der Waals surface area contributed by atoms with Crippen LogP contribution in [0.5, 0.6) is 0 Å². The van der Waals surface area contributed by atoms with Crippen molar-refractivity contribution in [2.45, 2.75) is 43.7 Å². The number of carbonyl (C=O) groups is 1. The van der Waals surface area contributed by atoms with Crippen molar-refractivity contribution in [3.05, 3.63) is 18.0 Å². The third-order valence-electron chi connectivity index (χ3n) is 3.17. The van der Waals surface area contributed by atoms with Gasteiger partial charge in [0.25, 0.3) is 15.0 Å². The lowest BCUT2D eigenvalue weighted by Gasteiger charge is -2.26. The summed E-state index contributed by atoms with van der Waals surface area (Å²) in [5.41, 5.74) is 0.337. The van der Waals surface area contributed by atoms with Gasteiger partial charge in [-0.25, -0.2) is 8.42 Å². The first kappa shape index (κ1) is 13.4. The van der Waals surface area contributed by atoms with Crippen LogP contribution in [0.4, 0.5) is 0 Å². The van der Waals surface area contributed by atoms with Gasteiger partial charge in [-0.3, -0.25) is 4.79 Å². The van der Waals surface area contributed by atoms with Crippen LogP contribution in [0.1, 0.15) is 36.7 Å². The molecule has 0 aliphatic heterocycles. The molecule has 1 aromatic rings. The highest BCUT2D eigenvalue weighted by Gasteiger charge is 2.23. The molecule has 0 atom stereocenters. The quantitative estimate of drug-likeness (QED) is 0.859. The molecule has 0 aromatic carbocycles. The van der Waals surface area contributed by atoms with Gasteiger partial charge in [-0.15, -0.1) is 0 Å². The van der Waals surface area contributed by atoms with Crippen molar-refractivity contribution in [2.24, 2.45) is 0 Å². The smallest absolute Gasteiger partial charge is 0.268 e. The highest BCUT2D eigenvalue weighted by atomic mass is 35.7. The predicted molar refractivity (Wildman–Crippen MR) is 68.3 cm³/mol. The van der Waals surface area contributed by atoms with Crippen molar-refractivity contribution in [1.29, 1.82) is 0 Å². The predicted octanol–water partition coefficient (Wildman–Crippen LogP) is 1.72. The van der Waals surface area contributed by atoms with Gasteiger partial charge in [-0.05, 0) is 32.3 Å². The lowest BCUT2D eigenvalue weighted by Crippen LogP contribution is -2.40. The Morgan fingerprint density at radius 1 is 1.56 bits per heavy atom. The van der Waals surface area contributed by atoms with Crippen LogP contribution in [0.25, 0.3) is 0 Å². The van der Waals surface area contributed by atoms with Crippen LogP contribution in [-0.4, -0.2) is 24.9 Å². The minimum absolute atomic E-state index is 0.0372. The number of aryl methyl sites for hydroxylation is 1. The Kier molecular flexibility index (Phi) is 3.68. The molecule has 18 heavy (non-hydrogen) atoms. The Bertz CT molecular complexity index is 561. The van der Waals surface area contributed by atoms with E-state index in [0.717, 1.165) is 19.3 Å². The summed E-state index contributed by atoms with van der Waals surface area (Å²) in [6.07, 6.45) is 4.48. The lowest BCUT2D eigenvalue weighted by atomic mass is 9.93. The first-order valence-electron chi connectivity index (χ1n) is 5.87. The molecular formula is C11H15ClN2O3S. The highest BCUT2D eigenvalue weighted by Crippen LogP contribution is 2.21. The number of rotatable bonds is 4. The summed E-state index contributed by atoms with van der Waals surface area (Å²) in [7, 11) is 1.48. The van der Waals surface area contributed by atoms with Crippen molar-refractivity contribution in [1.82, 2.24) is 9.88 Å². The zero-order valence-corrected chi connectivity index (χ0v) is 11.6. The van der Waals surface area contributed by atoms with E-state index in [2.05, 4.69) is 5.32 Å². The Balaban J connectivity index is 2.25. The van der Waals surface area contributed by atoms with E-state index in [4.69, 9.17) is 10.7 Å². The van der Waals surface area contributed by atoms with Crippen molar-refractivity contribution in [3.63, 3.8) is 0 Å². The fraction of sp³-hybridized carbons (Fsp3) is 0.545. The summed E-state index contributed by atoms with van der Waals surface area (Å²) >= 11 is 0. The van der Waals surface area contributed by atoms with E-state index in [1.165, 1.54) is 12.3 Å². The molecule has 0 bridgehead atoms. The van der Waals surface area contributed by atoms with Gasteiger partial charge in [0.2, 0.25) is 0 Å². The third kappa shape index (κ3) is 2.70. The van der Waals surface area contributed by atoms with Crippen molar-refractivity contribution < 1.29 is 13.2 Å². The molecule has 1 aliphatic carbocycles. The van der Waals surface area contributed by atoms with Crippen LogP contribution >= 0.6 is 10.7 Å². The van der Waals surface area contributed by atoms with Crippen LogP contribution in [0.3, 0.4) is 0 Å². The molecule has 0 saturated heterocycles. The molecular weight excluding hydrogens is 276 g/mol. The zero-order valence-electron chi connectivity index (χ0n) is 10.0. The number of hydrogen-bond acceptors (Lipinski definition) is 3. The second-order valence-electron chi connectivity index (χ2n) is 4.39. The number of hydrogen-bond donors (Lipinski definition) is 1. The number of nitrogens with zero attached hydrogens (tertiary/aromatic N) is 1. The number of halogens is 1. The molecule has 0 spiro atoms. The van der Waals surface area contributed by atoms with Crippen molar-refractivity contribution >= 4 is 25.6 Å². The standard InChI is InChI=1S/C11H15ClN2O3S/c1-2-14-7-9(18(12,16)17)6-10(14)11(15)13-8-4-3-5-8/h6-8H,2-5H2,1H3,(H,13,15). The van der Waals surface area contributed by atoms with Gasteiger partial charge < -0.3 is 9.88 Å². The van der Waals surface area contributed by atoms with Gasteiger partial charge >= 0.3 is 0 Å². The zero-order chi connectivity index (χ0) is 13.3. The van der Waals surface area contributed by atoms with Gasteiger partial charge in [-0.1, -0.05) is 0 Å². The van der Waals surface area contributed by atoms with E-state index in [1.54, 1.807) is 4.57 Å². The fourth-order valence-corrected chi connectivity index (χ4v) is 2.64. The number of carbonyl (C=O) groups excluding carboxylic acids is 1. The summed E-state index contributed by atoms with van der Waals surface area (Å²) in [4.78, 5) is 12.0. The molecule has 1 amide bonds. The van der Waals surface area contributed by atoms with Crippen LogP contribution in [0.15, 0.2) is 17.2 Å². The summed E-state index contributed by atoms with van der Waals surface area (Å²) in [6.45, 7) is 2.35. The first-order chi connectivity index (χ1) is 8.41. The van der Waals surface area contributed by atoms with Gasteiger partial charge in [0.1, 0.15) is 10.6 Å². The van der Waals surface area contributed by atoms with Gasteiger partial charge in [-0.2, -0.15) is 0 Å². The normalized spacial score (nSPS) is 16.3. The van der Waals surface area contributed by atoms with Gasteiger partial charge in [0.05, 0.1) is 0 Å². The minimum atomic E-state index is -3.80. The molecule has 0 radical (unpaired) electrons. The molecule has 1 N–H and O–H groups in total. The summed E-state index contributed by atoms with van der Waals surface area (Å²) < 4.78 is 24.1. The van der Waals surface area contributed by atoms with Crippen LogP contribution in [-0.2, 0) is 15.6 Å². The Morgan fingerprint density at radius 3 is 2.67 bits per heavy atom. The number of amides is 1. The molecule has 2 rings (SSSR count). The summed E-state index contributed by atoms with van der Waals surface area (Å²) in [5.74, 6) is -0.242. The molecule has 1 fully saturated rings. The van der Waals surface area contributed by atoms with E-state index < -0.39 is 9.05 Å². The minimum Gasteiger partial charge on any atom is -0.348 e. The maximum Gasteiger partial charge on any atom is 0.268 e. The van der Waals surface area contributed by atoms with E-state index in [9.17, 15) is 13.2 Å². The molecule has 100 valence electrons. The average molecular weight is 291 g/mol.